The van der Waals surface area contributed by atoms with Gasteiger partial charge in [0.2, 0.25) is 0 Å². The first kappa shape index (κ1) is 15.7. The van der Waals surface area contributed by atoms with Crippen molar-refractivity contribution in [2.75, 3.05) is 0 Å². The maximum absolute atomic E-state index is 13.3. The molecule has 4 heteroatoms. The molecule has 1 aliphatic carbocycles. The Kier molecular flexibility index (Phi) is 5.51. The summed E-state index contributed by atoms with van der Waals surface area (Å²) in [7, 11) is 0. The molecule has 2 unspecified atom stereocenters. The van der Waals surface area contributed by atoms with Gasteiger partial charge in [-0.25, -0.2) is 9.18 Å². The smallest absolute Gasteiger partial charge is 0.328 e. The Morgan fingerprint density at radius 3 is 3.00 bits per heavy atom. The molecule has 0 spiro atoms. The zero-order valence-corrected chi connectivity index (χ0v) is 12.2. The van der Waals surface area contributed by atoms with Crippen molar-refractivity contribution >= 4 is 12.0 Å². The molecular formula is C17H21FO3. The van der Waals surface area contributed by atoms with Crippen LogP contribution in [0.3, 0.4) is 0 Å². The van der Waals surface area contributed by atoms with Gasteiger partial charge in [0.25, 0.3) is 0 Å². The molecule has 1 aromatic carbocycles. The monoisotopic (exact) mass is 292 g/mol. The van der Waals surface area contributed by atoms with Crippen molar-refractivity contribution in [3.63, 3.8) is 0 Å². The Morgan fingerprint density at radius 1 is 1.48 bits per heavy atom. The number of aliphatic carboxylic acids is 1. The maximum Gasteiger partial charge on any atom is 0.328 e. The molecule has 1 aromatic rings. The Labute approximate surface area is 124 Å². The molecule has 0 bridgehead atoms. The number of carboxylic acids is 1. The van der Waals surface area contributed by atoms with Crippen LogP contribution in [0.2, 0.25) is 0 Å². The Balaban J connectivity index is 2.03. The van der Waals surface area contributed by atoms with E-state index in [-0.39, 0.29) is 11.9 Å². The van der Waals surface area contributed by atoms with Crippen LogP contribution in [0.25, 0.3) is 6.08 Å². The Morgan fingerprint density at radius 2 is 2.29 bits per heavy atom. The molecule has 3 nitrogen and oxygen atoms in total. The Hall–Kier alpha value is -1.68. The number of carbonyl (C=O) groups is 1. The van der Waals surface area contributed by atoms with Gasteiger partial charge in [0.1, 0.15) is 5.82 Å². The molecule has 2 atom stereocenters. The van der Waals surface area contributed by atoms with Crippen molar-refractivity contribution < 1.29 is 19.0 Å². The van der Waals surface area contributed by atoms with E-state index in [1.165, 1.54) is 31.1 Å². The summed E-state index contributed by atoms with van der Waals surface area (Å²) in [5.74, 6) is -0.745. The lowest BCUT2D eigenvalue weighted by Crippen LogP contribution is -2.21. The zero-order chi connectivity index (χ0) is 15.2. The van der Waals surface area contributed by atoms with Crippen LogP contribution in [-0.4, -0.2) is 17.2 Å². The van der Waals surface area contributed by atoms with E-state index in [0.717, 1.165) is 24.5 Å². The molecule has 114 valence electrons. The molecule has 21 heavy (non-hydrogen) atoms. The molecule has 0 saturated heterocycles. The van der Waals surface area contributed by atoms with Crippen LogP contribution in [0.5, 0.6) is 0 Å². The number of hydrogen-bond donors (Lipinski definition) is 1. The fourth-order valence-electron chi connectivity index (χ4n) is 2.75. The highest BCUT2D eigenvalue weighted by Gasteiger charge is 2.19. The van der Waals surface area contributed by atoms with Crippen molar-refractivity contribution in [1.82, 2.24) is 0 Å². The predicted molar refractivity (Wildman–Crippen MR) is 79.3 cm³/mol. The predicted octanol–water partition coefficient (Wildman–Crippen LogP) is 4.02. The average molecular weight is 292 g/mol. The number of rotatable bonds is 5. The largest absolute Gasteiger partial charge is 0.478 e. The quantitative estimate of drug-likeness (QED) is 0.834. The van der Waals surface area contributed by atoms with E-state index in [1.54, 1.807) is 6.07 Å². The van der Waals surface area contributed by atoms with Crippen molar-refractivity contribution in [2.24, 2.45) is 5.92 Å². The first-order chi connectivity index (χ1) is 10.0. The number of halogens is 1. The minimum atomic E-state index is -1.05. The van der Waals surface area contributed by atoms with Crippen molar-refractivity contribution in [3.8, 4) is 0 Å². The summed E-state index contributed by atoms with van der Waals surface area (Å²) < 4.78 is 19.2. The summed E-state index contributed by atoms with van der Waals surface area (Å²) in [6.45, 7) is 2.62. The van der Waals surface area contributed by atoms with Crippen molar-refractivity contribution in [2.45, 2.75) is 45.3 Å². The summed E-state index contributed by atoms with van der Waals surface area (Å²) in [6.07, 6.45) is 7.22. The van der Waals surface area contributed by atoms with Crippen molar-refractivity contribution in [3.05, 3.63) is 41.2 Å². The third-order valence-electron chi connectivity index (χ3n) is 3.88. The molecule has 0 amide bonds. The summed E-state index contributed by atoms with van der Waals surface area (Å²) >= 11 is 0. The third kappa shape index (κ3) is 4.97. The van der Waals surface area contributed by atoms with Gasteiger partial charge in [-0.1, -0.05) is 25.8 Å². The van der Waals surface area contributed by atoms with E-state index in [1.807, 2.05) is 0 Å². The second kappa shape index (κ2) is 7.36. The molecular weight excluding hydrogens is 271 g/mol. The second-order valence-corrected chi connectivity index (χ2v) is 5.72. The fourth-order valence-corrected chi connectivity index (χ4v) is 2.75. The molecule has 0 heterocycles. The Bertz CT molecular complexity index is 525. The molecule has 0 aromatic heterocycles. The highest BCUT2D eigenvalue weighted by atomic mass is 19.1. The van der Waals surface area contributed by atoms with Gasteiger partial charge in [-0.3, -0.25) is 0 Å². The van der Waals surface area contributed by atoms with Gasteiger partial charge in [-0.15, -0.1) is 0 Å². The highest BCUT2D eigenvalue weighted by Crippen LogP contribution is 2.27. The normalized spacial score (nSPS) is 22.6. The van der Waals surface area contributed by atoms with Crippen LogP contribution >= 0.6 is 0 Å². The molecule has 0 radical (unpaired) electrons. The van der Waals surface area contributed by atoms with E-state index in [0.29, 0.717) is 18.1 Å². The van der Waals surface area contributed by atoms with E-state index in [4.69, 9.17) is 9.84 Å². The maximum atomic E-state index is 13.3. The molecule has 0 aliphatic heterocycles. The van der Waals surface area contributed by atoms with Gasteiger partial charge in [-0.05, 0) is 48.1 Å². The van der Waals surface area contributed by atoms with E-state index >= 15 is 0 Å². The fraction of sp³-hybridized carbons (Fsp3) is 0.471. The van der Waals surface area contributed by atoms with Gasteiger partial charge in [0.05, 0.1) is 12.7 Å². The number of ether oxygens (including phenoxy) is 1. The summed E-state index contributed by atoms with van der Waals surface area (Å²) in [5, 5.41) is 8.69. The van der Waals surface area contributed by atoms with Crippen LogP contribution in [-0.2, 0) is 16.1 Å². The molecule has 2 rings (SSSR count). The molecule has 1 N–H and O–H groups in total. The van der Waals surface area contributed by atoms with Gasteiger partial charge in [-0.2, -0.15) is 0 Å². The minimum absolute atomic E-state index is 0.245. The first-order valence-electron chi connectivity index (χ1n) is 7.35. The van der Waals surface area contributed by atoms with Crippen LogP contribution in [0.1, 0.15) is 43.7 Å². The topological polar surface area (TPSA) is 46.5 Å². The van der Waals surface area contributed by atoms with Gasteiger partial charge >= 0.3 is 5.97 Å². The first-order valence-corrected chi connectivity index (χ1v) is 7.35. The molecule has 1 fully saturated rings. The van der Waals surface area contributed by atoms with Crippen molar-refractivity contribution in [1.29, 1.82) is 0 Å². The van der Waals surface area contributed by atoms with E-state index in [2.05, 4.69) is 6.92 Å². The van der Waals surface area contributed by atoms with Gasteiger partial charge in [0, 0.05) is 6.08 Å². The zero-order valence-electron chi connectivity index (χ0n) is 12.2. The summed E-state index contributed by atoms with van der Waals surface area (Å²) in [5.41, 5.74) is 1.37. The standard InChI is InChI=1S/C17H21FO3/c1-12-3-2-4-16(9-12)21-11-14-5-7-15(18)10-13(14)6-8-17(19)20/h5-8,10,12,16H,2-4,9,11H2,1H3,(H,19,20). The lowest BCUT2D eigenvalue weighted by atomic mass is 9.89. The SMILES string of the molecule is CC1CCCC(OCc2ccc(F)cc2C=CC(=O)O)C1. The number of carboxylic acid groups (broad SMARTS) is 1. The third-order valence-corrected chi connectivity index (χ3v) is 3.88. The van der Waals surface area contributed by atoms with Gasteiger partial charge < -0.3 is 9.84 Å². The summed E-state index contributed by atoms with van der Waals surface area (Å²) in [4.78, 5) is 10.6. The van der Waals surface area contributed by atoms with E-state index in [9.17, 15) is 9.18 Å². The summed E-state index contributed by atoms with van der Waals surface area (Å²) in [6, 6.07) is 4.37. The van der Waals surface area contributed by atoms with Gasteiger partial charge in [0.15, 0.2) is 0 Å². The lowest BCUT2D eigenvalue weighted by Gasteiger charge is -2.27. The number of benzene rings is 1. The molecule has 1 saturated carbocycles. The highest BCUT2D eigenvalue weighted by molar-refractivity contribution is 5.85. The average Bonchev–Trinajstić information content (AvgIpc) is 2.44. The van der Waals surface area contributed by atoms with Crippen LogP contribution in [0.15, 0.2) is 24.3 Å². The van der Waals surface area contributed by atoms with Crippen LogP contribution in [0.4, 0.5) is 4.39 Å². The van der Waals surface area contributed by atoms with Crippen LogP contribution < -0.4 is 0 Å². The minimum Gasteiger partial charge on any atom is -0.478 e. The molecule has 1 aliphatic rings. The van der Waals surface area contributed by atoms with Crippen LogP contribution in [0, 0.1) is 11.7 Å². The van der Waals surface area contributed by atoms with E-state index < -0.39 is 5.97 Å². The number of hydrogen-bond acceptors (Lipinski definition) is 2. The second-order valence-electron chi connectivity index (χ2n) is 5.72. The lowest BCUT2D eigenvalue weighted by molar-refractivity contribution is -0.131.